The normalized spacial score (nSPS) is 12.9. The van der Waals surface area contributed by atoms with E-state index in [-0.39, 0.29) is 17.9 Å². The minimum atomic E-state index is -0.297. The number of nitrogens with one attached hydrogen (secondary N) is 3. The van der Waals surface area contributed by atoms with Crippen LogP contribution in [0, 0.1) is 0 Å². The molecule has 2 aromatic carbocycles. The summed E-state index contributed by atoms with van der Waals surface area (Å²) < 4.78 is 5.61. The Labute approximate surface area is 219 Å². The number of pyridine rings is 1. The van der Waals surface area contributed by atoms with E-state index in [1.807, 2.05) is 36.4 Å². The van der Waals surface area contributed by atoms with E-state index >= 15 is 0 Å². The highest BCUT2D eigenvalue weighted by molar-refractivity contribution is 5.99. The van der Waals surface area contributed by atoms with Crippen molar-refractivity contribution in [3.63, 3.8) is 0 Å². The van der Waals surface area contributed by atoms with E-state index in [1.54, 1.807) is 43.5 Å². The predicted octanol–water partition coefficient (Wildman–Crippen LogP) is 4.21. The lowest BCUT2D eigenvalue weighted by atomic mass is 10.1. The summed E-state index contributed by atoms with van der Waals surface area (Å²) in [6.07, 6.45) is 4.60. The molecule has 0 aliphatic carbocycles. The van der Waals surface area contributed by atoms with Crippen LogP contribution in [-0.4, -0.2) is 57.9 Å². The maximum absolute atomic E-state index is 11.7. The molecule has 2 amide bonds. The van der Waals surface area contributed by atoms with Gasteiger partial charge in [-0.1, -0.05) is 24.8 Å². The van der Waals surface area contributed by atoms with Crippen molar-refractivity contribution in [3.8, 4) is 17.0 Å². The van der Waals surface area contributed by atoms with Crippen molar-refractivity contribution < 1.29 is 14.3 Å². The van der Waals surface area contributed by atoms with E-state index in [9.17, 15) is 9.59 Å². The zero-order valence-corrected chi connectivity index (χ0v) is 21.1. The summed E-state index contributed by atoms with van der Waals surface area (Å²) in [6, 6.07) is 15.2. The number of aromatic nitrogens is 3. The van der Waals surface area contributed by atoms with Crippen molar-refractivity contribution in [3.05, 3.63) is 73.6 Å². The third-order valence-electron chi connectivity index (χ3n) is 6.25. The van der Waals surface area contributed by atoms with Gasteiger partial charge in [0.1, 0.15) is 5.75 Å². The average Bonchev–Trinajstić information content (AvgIpc) is 2.90. The van der Waals surface area contributed by atoms with Gasteiger partial charge in [0.2, 0.25) is 17.8 Å². The Morgan fingerprint density at radius 2 is 1.95 bits per heavy atom. The second-order valence-corrected chi connectivity index (χ2v) is 8.87. The Kier molecular flexibility index (Phi) is 6.86. The number of ether oxygens (including phenoxy) is 1. The molecule has 0 radical (unpaired) electrons. The molecule has 10 nitrogen and oxygen atoms in total. The lowest BCUT2D eigenvalue weighted by Gasteiger charge is -2.39. The zero-order chi connectivity index (χ0) is 26.6. The van der Waals surface area contributed by atoms with Crippen molar-refractivity contribution in [2.24, 2.45) is 0 Å². The van der Waals surface area contributed by atoms with Crippen LogP contribution < -0.4 is 20.7 Å². The number of amides is 2. The number of carbonyl (C=O) groups is 2. The number of para-hydroxylation sites is 1. The maximum atomic E-state index is 11.7. The number of likely N-dealkylation sites (tertiary alicyclic amines) is 1. The van der Waals surface area contributed by atoms with Gasteiger partial charge in [-0.15, -0.1) is 0 Å². The van der Waals surface area contributed by atoms with Gasteiger partial charge < -0.3 is 25.6 Å². The minimum absolute atomic E-state index is 0.0849. The predicted molar refractivity (Wildman–Crippen MR) is 148 cm³/mol. The summed E-state index contributed by atoms with van der Waals surface area (Å²) in [4.78, 5) is 38.7. The van der Waals surface area contributed by atoms with Crippen molar-refractivity contribution in [2.45, 2.75) is 13.0 Å². The molecule has 0 spiro atoms. The molecule has 192 valence electrons. The number of carbonyl (C=O) groups excluding carboxylic acids is 2. The van der Waals surface area contributed by atoms with Crippen LogP contribution in [0.25, 0.3) is 22.2 Å². The lowest BCUT2D eigenvalue weighted by Crippen LogP contribution is -2.56. The molecule has 0 unspecified atom stereocenters. The van der Waals surface area contributed by atoms with Crippen LogP contribution in [0.3, 0.4) is 0 Å². The van der Waals surface area contributed by atoms with Gasteiger partial charge in [-0.3, -0.25) is 14.6 Å². The molecule has 3 N–H and O–H groups in total. The van der Waals surface area contributed by atoms with Gasteiger partial charge in [-0.05, 0) is 30.3 Å². The minimum Gasteiger partial charge on any atom is -0.494 e. The molecule has 2 aromatic heterocycles. The summed E-state index contributed by atoms with van der Waals surface area (Å²) in [7, 11) is 1.61. The van der Waals surface area contributed by atoms with Crippen molar-refractivity contribution in [1.29, 1.82) is 0 Å². The molecule has 1 aliphatic heterocycles. The van der Waals surface area contributed by atoms with Crippen LogP contribution in [0.5, 0.6) is 5.75 Å². The monoisotopic (exact) mass is 509 g/mol. The number of hydrogen-bond acceptors (Lipinski definition) is 8. The molecule has 1 saturated heterocycles. The van der Waals surface area contributed by atoms with Crippen LogP contribution in [-0.2, 0) is 9.59 Å². The van der Waals surface area contributed by atoms with Crippen LogP contribution in [0.4, 0.5) is 23.0 Å². The van der Waals surface area contributed by atoms with E-state index in [0.29, 0.717) is 47.4 Å². The molecule has 0 atom stereocenters. The Hall–Kier alpha value is -4.99. The van der Waals surface area contributed by atoms with Gasteiger partial charge >= 0.3 is 0 Å². The van der Waals surface area contributed by atoms with E-state index in [2.05, 4.69) is 32.5 Å². The molecule has 1 fully saturated rings. The summed E-state index contributed by atoms with van der Waals surface area (Å²) in [6.45, 7) is 6.44. The first kappa shape index (κ1) is 24.7. The molecule has 0 bridgehead atoms. The average molecular weight is 510 g/mol. The lowest BCUT2D eigenvalue weighted by molar-refractivity contribution is -0.132. The largest absolute Gasteiger partial charge is 0.494 e. The van der Waals surface area contributed by atoms with Gasteiger partial charge in [0.15, 0.2) is 0 Å². The molecule has 0 saturated carbocycles. The first-order valence-electron chi connectivity index (χ1n) is 12.1. The highest BCUT2D eigenvalue weighted by Crippen LogP contribution is 2.32. The van der Waals surface area contributed by atoms with Gasteiger partial charge in [0.25, 0.3) is 0 Å². The number of rotatable bonds is 8. The number of anilines is 4. The Morgan fingerprint density at radius 3 is 2.71 bits per heavy atom. The first-order chi connectivity index (χ1) is 18.4. The van der Waals surface area contributed by atoms with Gasteiger partial charge in [0.05, 0.1) is 30.0 Å². The summed E-state index contributed by atoms with van der Waals surface area (Å²) in [5.74, 6) is 0.815. The third-order valence-corrected chi connectivity index (χ3v) is 6.25. The molecule has 3 heterocycles. The molecule has 1 aliphatic rings. The topological polar surface area (TPSA) is 121 Å². The number of fused-ring (bicyclic) bond motifs is 1. The number of nitrogens with zero attached hydrogens (tertiary/aromatic N) is 4. The molecule has 4 aromatic rings. The second-order valence-electron chi connectivity index (χ2n) is 8.87. The van der Waals surface area contributed by atoms with Crippen LogP contribution in [0.2, 0.25) is 0 Å². The molecule has 38 heavy (non-hydrogen) atoms. The van der Waals surface area contributed by atoms with Gasteiger partial charge in [0, 0.05) is 60.8 Å². The fourth-order valence-corrected chi connectivity index (χ4v) is 4.24. The Balaban J connectivity index is 1.39. The van der Waals surface area contributed by atoms with Gasteiger partial charge in [-0.2, -0.15) is 0 Å². The highest BCUT2D eigenvalue weighted by atomic mass is 16.5. The standard InChI is InChI=1S/C28H27N7O3/c1-4-26(37)32-20-10-11-29-24(12-20)22-7-5-6-18-14-30-28(34-27(18)22)33-23-9-8-19(13-25(23)38-3)31-21-15-35(16-21)17(2)36/h4-14,21,31H,1,15-16H2,2-3H3,(H,29,32,37)(H,30,33,34). The summed E-state index contributed by atoms with van der Waals surface area (Å²) >= 11 is 0. The number of benzene rings is 2. The van der Waals surface area contributed by atoms with Crippen molar-refractivity contribution in [2.75, 3.05) is 36.1 Å². The maximum Gasteiger partial charge on any atom is 0.247 e. The molecular formula is C28H27N7O3. The highest BCUT2D eigenvalue weighted by Gasteiger charge is 2.28. The van der Waals surface area contributed by atoms with Gasteiger partial charge in [-0.25, -0.2) is 9.97 Å². The Morgan fingerprint density at radius 1 is 1.11 bits per heavy atom. The SMILES string of the molecule is C=CC(=O)Nc1ccnc(-c2cccc3cnc(Nc4ccc(NC5CN(C(C)=O)C5)cc4OC)nc23)c1. The first-order valence-corrected chi connectivity index (χ1v) is 12.1. The smallest absolute Gasteiger partial charge is 0.247 e. The molecular weight excluding hydrogens is 482 g/mol. The van der Waals surface area contributed by atoms with Crippen LogP contribution in [0.15, 0.2) is 73.6 Å². The van der Waals surface area contributed by atoms with Crippen LogP contribution in [0.1, 0.15) is 6.92 Å². The molecule has 5 rings (SSSR count). The third kappa shape index (κ3) is 5.24. The van der Waals surface area contributed by atoms with Crippen molar-refractivity contribution >= 4 is 45.7 Å². The molecule has 10 heteroatoms. The fraction of sp³-hybridized carbons (Fsp3) is 0.179. The fourth-order valence-electron chi connectivity index (χ4n) is 4.24. The quantitative estimate of drug-likeness (QED) is 0.302. The van der Waals surface area contributed by atoms with E-state index < -0.39 is 0 Å². The second kappa shape index (κ2) is 10.6. The number of methoxy groups -OCH3 is 1. The van der Waals surface area contributed by atoms with Crippen molar-refractivity contribution in [1.82, 2.24) is 19.9 Å². The van der Waals surface area contributed by atoms with E-state index in [1.165, 1.54) is 6.08 Å². The summed E-state index contributed by atoms with van der Waals surface area (Å²) in [5, 5.41) is 10.3. The van der Waals surface area contributed by atoms with Crippen LogP contribution >= 0.6 is 0 Å². The number of hydrogen-bond donors (Lipinski definition) is 3. The summed E-state index contributed by atoms with van der Waals surface area (Å²) in [5.41, 5.74) is 4.39. The van der Waals surface area contributed by atoms with E-state index in [0.717, 1.165) is 16.6 Å². The van der Waals surface area contributed by atoms with E-state index in [4.69, 9.17) is 9.72 Å². The zero-order valence-electron chi connectivity index (χ0n) is 21.1. The Bertz CT molecular complexity index is 1530.